The van der Waals surface area contributed by atoms with Gasteiger partial charge in [-0.05, 0) is 36.8 Å². The van der Waals surface area contributed by atoms with Gasteiger partial charge in [0, 0.05) is 19.3 Å². The highest BCUT2D eigenvalue weighted by atomic mass is 19.1. The van der Waals surface area contributed by atoms with Crippen molar-refractivity contribution in [3.63, 3.8) is 0 Å². The van der Waals surface area contributed by atoms with Gasteiger partial charge in [-0.2, -0.15) is 0 Å². The highest BCUT2D eigenvalue weighted by molar-refractivity contribution is 6.02. The fourth-order valence-corrected chi connectivity index (χ4v) is 3.26. The van der Waals surface area contributed by atoms with Crippen LogP contribution in [0.1, 0.15) is 36.8 Å². The van der Waals surface area contributed by atoms with E-state index in [4.69, 9.17) is 4.74 Å². The van der Waals surface area contributed by atoms with Gasteiger partial charge in [-0.1, -0.05) is 19.9 Å². The van der Waals surface area contributed by atoms with Gasteiger partial charge in [-0.25, -0.2) is 19.2 Å². The molecule has 3 amide bonds. The first-order valence-corrected chi connectivity index (χ1v) is 11.1. The topological polar surface area (TPSA) is 118 Å². The summed E-state index contributed by atoms with van der Waals surface area (Å²) in [6.45, 7) is 7.61. The summed E-state index contributed by atoms with van der Waals surface area (Å²) in [7, 11) is 0. The number of nitrogens with one attached hydrogen (secondary N) is 2. The minimum absolute atomic E-state index is 0.0878. The first-order chi connectivity index (χ1) is 16.8. The van der Waals surface area contributed by atoms with E-state index in [9.17, 15) is 18.8 Å². The van der Waals surface area contributed by atoms with Crippen LogP contribution in [0.3, 0.4) is 0 Å². The van der Waals surface area contributed by atoms with Crippen LogP contribution >= 0.6 is 0 Å². The van der Waals surface area contributed by atoms with Crippen molar-refractivity contribution in [1.82, 2.24) is 19.9 Å². The lowest BCUT2D eigenvalue weighted by molar-refractivity contribution is -0.119. The van der Waals surface area contributed by atoms with Crippen LogP contribution in [0.2, 0.25) is 0 Å². The van der Waals surface area contributed by atoms with Gasteiger partial charge in [-0.15, -0.1) is 0 Å². The Balaban J connectivity index is 0.00000167. The molecule has 35 heavy (non-hydrogen) atoms. The molecule has 11 heteroatoms. The first kappa shape index (κ1) is 25.3. The summed E-state index contributed by atoms with van der Waals surface area (Å²) in [5.41, 5.74) is 1.52. The van der Waals surface area contributed by atoms with Crippen molar-refractivity contribution < 1.29 is 23.5 Å². The van der Waals surface area contributed by atoms with E-state index in [0.29, 0.717) is 11.5 Å². The molecule has 1 aliphatic heterocycles. The van der Waals surface area contributed by atoms with Crippen LogP contribution in [0.25, 0.3) is 5.69 Å². The average Bonchev–Trinajstić information content (AvgIpc) is 3.47. The molecule has 1 aliphatic rings. The quantitative estimate of drug-likeness (QED) is 0.556. The Labute approximate surface area is 202 Å². The predicted octanol–water partition coefficient (Wildman–Crippen LogP) is 3.45. The lowest BCUT2D eigenvalue weighted by atomic mass is 10.2. The van der Waals surface area contributed by atoms with Crippen LogP contribution in [0.5, 0.6) is 0 Å². The van der Waals surface area contributed by atoms with Crippen molar-refractivity contribution in [3.05, 3.63) is 66.1 Å². The third-order valence-corrected chi connectivity index (χ3v) is 4.94. The predicted molar refractivity (Wildman–Crippen MR) is 128 cm³/mol. The van der Waals surface area contributed by atoms with E-state index >= 15 is 0 Å². The van der Waals surface area contributed by atoms with E-state index in [0.717, 1.165) is 5.56 Å². The Morgan fingerprint density at radius 2 is 1.97 bits per heavy atom. The molecule has 3 aromatic rings. The van der Waals surface area contributed by atoms with Crippen LogP contribution in [0.15, 0.2) is 49.1 Å². The number of rotatable bonds is 6. The summed E-state index contributed by atoms with van der Waals surface area (Å²) in [4.78, 5) is 45.1. The lowest BCUT2D eigenvalue weighted by Gasteiger charge is -2.14. The molecule has 1 aromatic carbocycles. The molecule has 1 saturated heterocycles. The Morgan fingerprint density at radius 1 is 1.20 bits per heavy atom. The number of aromatic nitrogens is 3. The Bertz CT molecular complexity index is 1210. The Hall–Kier alpha value is -4.28. The van der Waals surface area contributed by atoms with Crippen LogP contribution in [0, 0.1) is 12.7 Å². The molecule has 1 atom stereocenters. The number of halogens is 1. The Morgan fingerprint density at radius 3 is 2.63 bits per heavy atom. The van der Waals surface area contributed by atoms with Crippen LogP contribution in [0.4, 0.5) is 20.7 Å². The van der Waals surface area contributed by atoms with Gasteiger partial charge < -0.3 is 19.9 Å². The number of carbonyl (C=O) groups is 3. The van der Waals surface area contributed by atoms with Crippen molar-refractivity contribution in [2.45, 2.75) is 33.8 Å². The monoisotopic (exact) mass is 482 g/mol. The van der Waals surface area contributed by atoms with Crippen LogP contribution in [-0.2, 0) is 9.53 Å². The SMILES string of the molecule is CC.CC(=O)NCC1CN(c2ccc(-n3cnc(C(=O)Nc4ccc(C)cn4)c3)c(F)c2)C(=O)O1. The zero-order valence-corrected chi connectivity index (χ0v) is 19.9. The van der Waals surface area contributed by atoms with Crippen molar-refractivity contribution in [3.8, 4) is 5.69 Å². The third kappa shape index (κ3) is 6.19. The number of hydrogen-bond acceptors (Lipinski definition) is 6. The maximum Gasteiger partial charge on any atom is 0.414 e. The number of carbonyl (C=O) groups excluding carboxylic acids is 3. The second-order valence-corrected chi connectivity index (χ2v) is 7.53. The summed E-state index contributed by atoms with van der Waals surface area (Å²) in [5.74, 6) is -0.948. The average molecular weight is 483 g/mol. The zero-order valence-electron chi connectivity index (χ0n) is 19.9. The first-order valence-electron chi connectivity index (χ1n) is 11.1. The van der Waals surface area contributed by atoms with Crippen LogP contribution in [-0.4, -0.2) is 51.6 Å². The summed E-state index contributed by atoms with van der Waals surface area (Å²) in [5, 5.41) is 5.22. The molecular weight excluding hydrogens is 455 g/mol. The van der Waals surface area contributed by atoms with Gasteiger partial charge in [0.15, 0.2) is 0 Å². The lowest BCUT2D eigenvalue weighted by Crippen LogP contribution is -2.33. The number of cyclic esters (lactones) is 1. The number of hydrogen-bond donors (Lipinski definition) is 2. The van der Waals surface area contributed by atoms with Gasteiger partial charge in [0.25, 0.3) is 5.91 Å². The maximum atomic E-state index is 14.9. The summed E-state index contributed by atoms with van der Waals surface area (Å²) >= 11 is 0. The van der Waals surface area contributed by atoms with E-state index in [1.807, 2.05) is 26.8 Å². The number of ether oxygens (including phenoxy) is 1. The van der Waals surface area contributed by atoms with Crippen molar-refractivity contribution >= 4 is 29.4 Å². The summed E-state index contributed by atoms with van der Waals surface area (Å²) < 4.78 is 21.4. The summed E-state index contributed by atoms with van der Waals surface area (Å²) in [6, 6.07) is 7.73. The highest BCUT2D eigenvalue weighted by Gasteiger charge is 2.32. The zero-order chi connectivity index (χ0) is 25.5. The van der Waals surface area contributed by atoms with Gasteiger partial charge >= 0.3 is 6.09 Å². The highest BCUT2D eigenvalue weighted by Crippen LogP contribution is 2.25. The van der Waals surface area contributed by atoms with Gasteiger partial charge in [0.05, 0.1) is 24.5 Å². The second-order valence-electron chi connectivity index (χ2n) is 7.53. The normalized spacial score (nSPS) is 14.6. The Kier molecular flexibility index (Phi) is 8.13. The smallest absolute Gasteiger partial charge is 0.414 e. The van der Waals surface area contributed by atoms with Crippen LogP contribution < -0.4 is 15.5 Å². The fourth-order valence-electron chi connectivity index (χ4n) is 3.26. The largest absolute Gasteiger partial charge is 0.442 e. The van der Waals surface area contributed by atoms with Gasteiger partial charge in [0.2, 0.25) is 5.91 Å². The molecule has 1 unspecified atom stereocenters. The molecule has 0 saturated carbocycles. The van der Waals surface area contributed by atoms with E-state index in [1.165, 1.54) is 41.0 Å². The van der Waals surface area contributed by atoms with E-state index in [1.54, 1.807) is 18.3 Å². The van der Waals surface area contributed by atoms with E-state index < -0.39 is 23.9 Å². The number of nitrogens with zero attached hydrogens (tertiary/aromatic N) is 4. The minimum Gasteiger partial charge on any atom is -0.442 e. The molecule has 10 nitrogen and oxygen atoms in total. The van der Waals surface area contributed by atoms with Crippen molar-refractivity contribution in [1.29, 1.82) is 0 Å². The third-order valence-electron chi connectivity index (χ3n) is 4.94. The van der Waals surface area contributed by atoms with E-state index in [-0.39, 0.29) is 30.4 Å². The fraction of sp³-hybridized carbons (Fsp3) is 0.292. The molecule has 0 bridgehead atoms. The van der Waals surface area contributed by atoms with Gasteiger partial charge in [0.1, 0.15) is 29.8 Å². The van der Waals surface area contributed by atoms with Crippen molar-refractivity contribution in [2.75, 3.05) is 23.3 Å². The molecule has 0 spiro atoms. The maximum absolute atomic E-state index is 14.9. The standard InChI is InChI=1S/C22H21FN6O4.C2H6/c1-13-3-6-20(25-8-13)27-21(31)18-11-28(12-26-18)19-5-4-15(7-17(19)23)29-10-16(33-22(29)32)9-24-14(2)30;1-2/h3-8,11-12,16H,9-10H2,1-2H3,(H,24,30)(H,25,27,31);1-2H3. The molecule has 0 aliphatic carbocycles. The number of pyridine rings is 1. The number of imidazole rings is 1. The number of amides is 3. The number of anilines is 2. The molecular formula is C24H27FN6O4. The van der Waals surface area contributed by atoms with Crippen molar-refractivity contribution in [2.24, 2.45) is 0 Å². The molecule has 4 rings (SSSR count). The van der Waals surface area contributed by atoms with Gasteiger partial charge in [-0.3, -0.25) is 14.5 Å². The molecule has 2 aromatic heterocycles. The molecule has 0 radical (unpaired) electrons. The minimum atomic E-state index is -0.621. The summed E-state index contributed by atoms with van der Waals surface area (Å²) in [6.07, 6.45) is 3.20. The number of benzene rings is 1. The molecule has 1 fully saturated rings. The molecule has 2 N–H and O–H groups in total. The molecule has 3 heterocycles. The van der Waals surface area contributed by atoms with E-state index in [2.05, 4.69) is 20.6 Å². The molecule has 184 valence electrons. The number of aryl methyl sites for hydroxylation is 1. The second kappa shape index (κ2) is 11.2.